The summed E-state index contributed by atoms with van der Waals surface area (Å²) in [5, 5.41) is 7.03. The molecule has 2 rings (SSSR count). The minimum Gasteiger partial charge on any atom is -0.379 e. The molecule has 88 valence electrons. The van der Waals surface area contributed by atoms with Crippen LogP contribution in [0.3, 0.4) is 0 Å². The van der Waals surface area contributed by atoms with E-state index in [4.69, 9.17) is 10.5 Å². The second kappa shape index (κ2) is 5.43. The highest BCUT2D eigenvalue weighted by atomic mass is 32.1. The van der Waals surface area contributed by atoms with Crippen LogP contribution in [0.15, 0.2) is 16.8 Å². The number of amides is 1. The third-order valence-corrected chi connectivity index (χ3v) is 3.49. The van der Waals surface area contributed by atoms with E-state index in [9.17, 15) is 4.79 Å². The number of nitrogens with two attached hydrogens (primary N) is 1. The second-order valence-corrected chi connectivity index (χ2v) is 4.76. The molecular weight excluding hydrogens is 224 g/mol. The minimum absolute atomic E-state index is 0.0141. The van der Waals surface area contributed by atoms with Crippen LogP contribution in [0.25, 0.3) is 0 Å². The fourth-order valence-electron chi connectivity index (χ4n) is 1.74. The van der Waals surface area contributed by atoms with Gasteiger partial charge in [-0.15, -0.1) is 0 Å². The van der Waals surface area contributed by atoms with E-state index < -0.39 is 0 Å². The van der Waals surface area contributed by atoms with Crippen LogP contribution in [0.1, 0.15) is 5.56 Å². The van der Waals surface area contributed by atoms with Crippen LogP contribution in [0, 0.1) is 5.92 Å². The van der Waals surface area contributed by atoms with Crippen molar-refractivity contribution in [2.75, 3.05) is 19.8 Å². The molecule has 4 nitrogen and oxygen atoms in total. The highest BCUT2D eigenvalue weighted by molar-refractivity contribution is 7.07. The predicted molar refractivity (Wildman–Crippen MR) is 63.3 cm³/mol. The van der Waals surface area contributed by atoms with E-state index in [0.29, 0.717) is 19.8 Å². The average Bonchev–Trinajstić information content (AvgIpc) is 2.88. The Kier molecular flexibility index (Phi) is 3.93. The quantitative estimate of drug-likeness (QED) is 0.799. The van der Waals surface area contributed by atoms with Gasteiger partial charge in [0.1, 0.15) is 0 Å². The molecule has 3 N–H and O–H groups in total. The topological polar surface area (TPSA) is 64.3 Å². The Balaban J connectivity index is 1.71. The summed E-state index contributed by atoms with van der Waals surface area (Å²) < 4.78 is 5.16. The molecule has 2 heterocycles. The number of carbonyl (C=O) groups excluding carboxylic acids is 1. The molecule has 16 heavy (non-hydrogen) atoms. The Hall–Kier alpha value is -0.910. The van der Waals surface area contributed by atoms with Crippen LogP contribution >= 0.6 is 11.3 Å². The molecule has 1 aliphatic rings. The molecular formula is C11H16N2O2S. The van der Waals surface area contributed by atoms with Gasteiger partial charge in [0, 0.05) is 12.6 Å². The number of hydrogen-bond donors (Lipinski definition) is 2. The van der Waals surface area contributed by atoms with Crippen molar-refractivity contribution in [2.45, 2.75) is 12.5 Å². The summed E-state index contributed by atoms with van der Waals surface area (Å²) in [4.78, 5) is 11.7. The van der Waals surface area contributed by atoms with Crippen molar-refractivity contribution in [3.63, 3.8) is 0 Å². The first-order chi connectivity index (χ1) is 7.77. The molecule has 0 bridgehead atoms. The third kappa shape index (κ3) is 2.81. The summed E-state index contributed by atoms with van der Waals surface area (Å²) in [5.74, 6) is -0.164. The van der Waals surface area contributed by atoms with Crippen LogP contribution in [0.5, 0.6) is 0 Å². The molecule has 1 amide bonds. The van der Waals surface area contributed by atoms with Gasteiger partial charge in [-0.25, -0.2) is 0 Å². The maximum absolute atomic E-state index is 11.7. The average molecular weight is 240 g/mol. The minimum atomic E-state index is -0.178. The van der Waals surface area contributed by atoms with Crippen molar-refractivity contribution in [1.29, 1.82) is 0 Å². The van der Waals surface area contributed by atoms with E-state index in [1.807, 2.05) is 5.38 Å². The molecule has 0 aliphatic carbocycles. The van der Waals surface area contributed by atoms with E-state index in [1.165, 1.54) is 5.56 Å². The summed E-state index contributed by atoms with van der Waals surface area (Å²) in [5.41, 5.74) is 7.02. The summed E-state index contributed by atoms with van der Waals surface area (Å²) in [6, 6.07) is 1.92. The number of hydrogen-bond acceptors (Lipinski definition) is 4. The van der Waals surface area contributed by atoms with Crippen molar-refractivity contribution in [3.05, 3.63) is 22.4 Å². The maximum Gasteiger partial charge on any atom is 0.227 e. The summed E-state index contributed by atoms with van der Waals surface area (Å²) >= 11 is 1.67. The number of thiophene rings is 1. The van der Waals surface area contributed by atoms with Crippen molar-refractivity contribution in [3.8, 4) is 0 Å². The number of ether oxygens (including phenoxy) is 1. The molecule has 1 fully saturated rings. The van der Waals surface area contributed by atoms with Crippen LogP contribution in [-0.4, -0.2) is 31.7 Å². The van der Waals surface area contributed by atoms with Gasteiger partial charge in [0.15, 0.2) is 0 Å². The Morgan fingerprint density at radius 1 is 1.62 bits per heavy atom. The fourth-order valence-corrected chi connectivity index (χ4v) is 2.44. The molecule has 0 radical (unpaired) electrons. The van der Waals surface area contributed by atoms with Gasteiger partial charge in [0.05, 0.1) is 19.1 Å². The lowest BCUT2D eigenvalue weighted by Gasteiger charge is -2.12. The SMILES string of the molecule is NC1COCC1C(=O)NCCc1ccsc1. The maximum atomic E-state index is 11.7. The molecule has 1 saturated heterocycles. The standard InChI is InChI=1S/C11H16N2O2S/c12-10-6-15-5-9(10)11(14)13-3-1-8-2-4-16-7-8/h2,4,7,9-10H,1,3,5-6,12H2,(H,13,14). The molecule has 5 heteroatoms. The zero-order chi connectivity index (χ0) is 11.4. The highest BCUT2D eigenvalue weighted by Gasteiger charge is 2.30. The largest absolute Gasteiger partial charge is 0.379 e. The number of carbonyl (C=O) groups is 1. The molecule has 0 spiro atoms. The van der Waals surface area contributed by atoms with Gasteiger partial charge in [0.25, 0.3) is 0 Å². The smallest absolute Gasteiger partial charge is 0.227 e. The molecule has 0 aromatic carbocycles. The van der Waals surface area contributed by atoms with E-state index in [0.717, 1.165) is 6.42 Å². The van der Waals surface area contributed by atoms with Gasteiger partial charge in [-0.1, -0.05) is 0 Å². The van der Waals surface area contributed by atoms with Gasteiger partial charge in [-0.05, 0) is 28.8 Å². The molecule has 2 atom stereocenters. The Bertz CT molecular complexity index is 340. The first-order valence-electron chi connectivity index (χ1n) is 5.39. The van der Waals surface area contributed by atoms with Crippen LogP contribution in [-0.2, 0) is 16.0 Å². The van der Waals surface area contributed by atoms with E-state index >= 15 is 0 Å². The number of rotatable bonds is 4. The van der Waals surface area contributed by atoms with Crippen molar-refractivity contribution < 1.29 is 9.53 Å². The predicted octanol–water partition coefficient (Wildman–Crippen LogP) is 0.381. The highest BCUT2D eigenvalue weighted by Crippen LogP contribution is 2.11. The summed E-state index contributed by atoms with van der Waals surface area (Å²) in [7, 11) is 0. The molecule has 1 aromatic heterocycles. The van der Waals surface area contributed by atoms with Crippen LogP contribution < -0.4 is 11.1 Å². The molecule has 1 aliphatic heterocycles. The third-order valence-electron chi connectivity index (χ3n) is 2.75. The summed E-state index contributed by atoms with van der Waals surface area (Å²) in [6.07, 6.45) is 0.873. The van der Waals surface area contributed by atoms with Gasteiger partial charge >= 0.3 is 0 Å². The zero-order valence-electron chi connectivity index (χ0n) is 9.02. The van der Waals surface area contributed by atoms with E-state index in [1.54, 1.807) is 11.3 Å². The molecule has 2 unspecified atom stereocenters. The fraction of sp³-hybridized carbons (Fsp3) is 0.545. The Labute approximate surface area is 98.8 Å². The van der Waals surface area contributed by atoms with E-state index in [-0.39, 0.29) is 17.9 Å². The lowest BCUT2D eigenvalue weighted by Crippen LogP contribution is -2.41. The normalized spacial score (nSPS) is 24.6. The van der Waals surface area contributed by atoms with Crippen molar-refractivity contribution in [2.24, 2.45) is 11.7 Å². The monoisotopic (exact) mass is 240 g/mol. The molecule has 0 saturated carbocycles. The summed E-state index contributed by atoms with van der Waals surface area (Å²) in [6.45, 7) is 1.60. The van der Waals surface area contributed by atoms with Gasteiger partial charge < -0.3 is 15.8 Å². The van der Waals surface area contributed by atoms with Crippen LogP contribution in [0.2, 0.25) is 0 Å². The van der Waals surface area contributed by atoms with E-state index in [2.05, 4.69) is 16.8 Å². The number of nitrogens with one attached hydrogen (secondary N) is 1. The van der Waals surface area contributed by atoms with Gasteiger partial charge in [-0.3, -0.25) is 4.79 Å². The first kappa shape index (κ1) is 11.6. The van der Waals surface area contributed by atoms with Crippen molar-refractivity contribution >= 4 is 17.2 Å². The Morgan fingerprint density at radius 3 is 3.12 bits per heavy atom. The lowest BCUT2D eigenvalue weighted by molar-refractivity contribution is -0.125. The zero-order valence-corrected chi connectivity index (χ0v) is 9.83. The van der Waals surface area contributed by atoms with Crippen LogP contribution in [0.4, 0.5) is 0 Å². The van der Waals surface area contributed by atoms with Gasteiger partial charge in [-0.2, -0.15) is 11.3 Å². The van der Waals surface area contributed by atoms with Crippen molar-refractivity contribution in [1.82, 2.24) is 5.32 Å². The molecule has 1 aromatic rings. The first-order valence-corrected chi connectivity index (χ1v) is 6.34. The Morgan fingerprint density at radius 2 is 2.50 bits per heavy atom. The second-order valence-electron chi connectivity index (χ2n) is 3.98. The lowest BCUT2D eigenvalue weighted by atomic mass is 10.0. The van der Waals surface area contributed by atoms with Gasteiger partial charge in [0.2, 0.25) is 5.91 Å².